The summed E-state index contributed by atoms with van der Waals surface area (Å²) in [6, 6.07) is 0. The number of amides is 1. The highest BCUT2D eigenvalue weighted by molar-refractivity contribution is 5.75. The zero-order valence-electron chi connectivity index (χ0n) is 17.7. The molecule has 0 fully saturated rings. The summed E-state index contributed by atoms with van der Waals surface area (Å²) in [5, 5.41) is 4.55. The Morgan fingerprint density at radius 1 is 0.885 bits per heavy atom. The van der Waals surface area contributed by atoms with Crippen LogP contribution in [0.15, 0.2) is 0 Å². The van der Waals surface area contributed by atoms with E-state index in [1.807, 2.05) is 20.8 Å². The maximum absolute atomic E-state index is 11.7. The molecule has 0 aliphatic rings. The summed E-state index contributed by atoms with van der Waals surface area (Å²) >= 11 is 0. The molecule has 0 aliphatic heterocycles. The minimum atomic E-state index is -0.106. The molecule has 0 unspecified atom stereocenters. The summed E-state index contributed by atoms with van der Waals surface area (Å²) in [4.78, 5) is 11.7. The van der Waals surface area contributed by atoms with E-state index in [9.17, 15) is 4.79 Å². The van der Waals surface area contributed by atoms with Crippen LogP contribution < -0.4 is 11.2 Å². The Labute approximate surface area is 159 Å². The topological polar surface area (TPSA) is 86.1 Å². The predicted octanol–water partition coefficient (Wildman–Crippen LogP) is 1.95. The van der Waals surface area contributed by atoms with Crippen molar-refractivity contribution in [2.24, 2.45) is 11.3 Å². The molecule has 156 valence electrons. The molecule has 0 aromatic heterocycles. The maximum Gasteiger partial charge on any atom is 0.222 e. The van der Waals surface area contributed by atoms with Gasteiger partial charge in [-0.3, -0.25) is 10.6 Å². The van der Waals surface area contributed by atoms with Crippen LogP contribution in [0.4, 0.5) is 0 Å². The second kappa shape index (κ2) is 13.4. The van der Waals surface area contributed by atoms with Crippen LogP contribution in [-0.4, -0.2) is 69.2 Å². The maximum atomic E-state index is 11.7. The third kappa shape index (κ3) is 16.7. The van der Waals surface area contributed by atoms with E-state index in [-0.39, 0.29) is 11.4 Å². The van der Waals surface area contributed by atoms with E-state index in [0.717, 1.165) is 13.0 Å². The number of hydrazine groups is 1. The molecule has 0 aromatic rings. The fourth-order valence-electron chi connectivity index (χ4n) is 1.82. The number of carbonyl (C=O) groups is 1. The molecule has 1 amide bonds. The van der Waals surface area contributed by atoms with Crippen LogP contribution in [0.1, 0.15) is 54.4 Å². The molecule has 0 saturated carbocycles. The van der Waals surface area contributed by atoms with E-state index < -0.39 is 0 Å². The lowest BCUT2D eigenvalue weighted by atomic mass is 9.93. The third-order valence-corrected chi connectivity index (χ3v) is 3.75. The Morgan fingerprint density at radius 3 is 1.88 bits per heavy atom. The van der Waals surface area contributed by atoms with Crippen LogP contribution in [0.2, 0.25) is 0 Å². The number of nitrogens with zero attached hydrogens (tertiary/aromatic N) is 1. The van der Waals surface area contributed by atoms with Gasteiger partial charge in [0.05, 0.1) is 33.0 Å². The van der Waals surface area contributed by atoms with Crippen LogP contribution in [0.25, 0.3) is 0 Å². The average Bonchev–Trinajstić information content (AvgIpc) is 2.50. The van der Waals surface area contributed by atoms with E-state index >= 15 is 0 Å². The van der Waals surface area contributed by atoms with Crippen molar-refractivity contribution in [1.29, 1.82) is 0 Å². The molecule has 0 aromatic carbocycles. The lowest BCUT2D eigenvalue weighted by molar-refractivity contribution is -0.122. The van der Waals surface area contributed by atoms with Crippen molar-refractivity contribution in [1.82, 2.24) is 10.3 Å². The first-order valence-corrected chi connectivity index (χ1v) is 9.54. The van der Waals surface area contributed by atoms with Crippen molar-refractivity contribution in [3.05, 3.63) is 0 Å². The first kappa shape index (κ1) is 25.3. The van der Waals surface area contributed by atoms with Crippen molar-refractivity contribution in [2.45, 2.75) is 59.9 Å². The molecule has 7 heteroatoms. The summed E-state index contributed by atoms with van der Waals surface area (Å²) in [6.45, 7) is 17.1. The normalized spacial score (nSPS) is 12.6. The Hall–Kier alpha value is -0.730. The Kier molecular flexibility index (Phi) is 13.1. The van der Waals surface area contributed by atoms with Gasteiger partial charge in [0.25, 0.3) is 0 Å². The molecule has 0 bridgehead atoms. The van der Waals surface area contributed by atoms with Crippen molar-refractivity contribution < 1.29 is 19.0 Å². The molecule has 26 heavy (non-hydrogen) atoms. The monoisotopic (exact) mass is 375 g/mol. The SMILES string of the molecule is CC(C)(C)CCOCCOCCOCCC(=O)NCCN(N)C(C)(C)C. The molecule has 3 N–H and O–H groups in total. The van der Waals surface area contributed by atoms with Gasteiger partial charge in [-0.25, -0.2) is 5.01 Å². The van der Waals surface area contributed by atoms with Gasteiger partial charge in [-0.05, 0) is 32.6 Å². The van der Waals surface area contributed by atoms with E-state index in [0.29, 0.717) is 58.0 Å². The van der Waals surface area contributed by atoms with Crippen LogP contribution >= 0.6 is 0 Å². The molecule has 0 atom stereocenters. The second-order valence-electron chi connectivity index (χ2n) is 8.61. The number of hydrogen-bond acceptors (Lipinski definition) is 6. The first-order chi connectivity index (χ1) is 12.0. The molecule has 0 aliphatic carbocycles. The Bertz CT molecular complexity index is 365. The smallest absolute Gasteiger partial charge is 0.222 e. The molecule has 0 radical (unpaired) electrons. The summed E-state index contributed by atoms with van der Waals surface area (Å²) in [5.74, 6) is 5.87. The van der Waals surface area contributed by atoms with Gasteiger partial charge < -0.3 is 19.5 Å². The van der Waals surface area contributed by atoms with Crippen molar-refractivity contribution >= 4 is 5.91 Å². The van der Waals surface area contributed by atoms with E-state index in [1.165, 1.54) is 0 Å². The number of hydrogen-bond donors (Lipinski definition) is 2. The molecule has 0 spiro atoms. The Morgan fingerprint density at radius 2 is 1.38 bits per heavy atom. The highest BCUT2D eigenvalue weighted by Gasteiger charge is 2.17. The van der Waals surface area contributed by atoms with Gasteiger partial charge in [-0.2, -0.15) is 0 Å². The van der Waals surface area contributed by atoms with Crippen LogP contribution in [0, 0.1) is 5.41 Å². The minimum absolute atomic E-state index is 0.0273. The zero-order valence-corrected chi connectivity index (χ0v) is 17.7. The van der Waals surface area contributed by atoms with E-state index in [4.69, 9.17) is 20.1 Å². The van der Waals surface area contributed by atoms with Crippen molar-refractivity contribution in [3.63, 3.8) is 0 Å². The van der Waals surface area contributed by atoms with Crippen LogP contribution in [0.3, 0.4) is 0 Å². The average molecular weight is 376 g/mol. The van der Waals surface area contributed by atoms with Crippen molar-refractivity contribution in [3.8, 4) is 0 Å². The molecule has 7 nitrogen and oxygen atoms in total. The quantitative estimate of drug-likeness (QED) is 0.274. The minimum Gasteiger partial charge on any atom is -0.379 e. The van der Waals surface area contributed by atoms with Gasteiger partial charge in [0.15, 0.2) is 0 Å². The van der Waals surface area contributed by atoms with Crippen LogP contribution in [-0.2, 0) is 19.0 Å². The van der Waals surface area contributed by atoms with Crippen LogP contribution in [0.5, 0.6) is 0 Å². The first-order valence-electron chi connectivity index (χ1n) is 9.54. The van der Waals surface area contributed by atoms with Crippen molar-refractivity contribution in [2.75, 3.05) is 52.7 Å². The zero-order chi connectivity index (χ0) is 20.1. The summed E-state index contributed by atoms with van der Waals surface area (Å²) in [6.07, 6.45) is 1.38. The number of rotatable bonds is 14. The summed E-state index contributed by atoms with van der Waals surface area (Å²) in [5.41, 5.74) is 0.197. The van der Waals surface area contributed by atoms with E-state index in [1.54, 1.807) is 5.01 Å². The molecule has 0 heterocycles. The van der Waals surface area contributed by atoms with Gasteiger partial charge in [-0.1, -0.05) is 20.8 Å². The molecular weight excluding hydrogens is 334 g/mol. The number of ether oxygens (including phenoxy) is 3. The third-order valence-electron chi connectivity index (χ3n) is 3.75. The summed E-state index contributed by atoms with van der Waals surface area (Å²) < 4.78 is 16.3. The van der Waals surface area contributed by atoms with Gasteiger partial charge in [-0.15, -0.1) is 0 Å². The largest absolute Gasteiger partial charge is 0.379 e. The van der Waals surface area contributed by atoms with E-state index in [2.05, 4.69) is 26.1 Å². The highest BCUT2D eigenvalue weighted by atomic mass is 16.5. The fraction of sp³-hybridized carbons (Fsp3) is 0.947. The number of carbonyl (C=O) groups excluding carboxylic acids is 1. The standard InChI is InChI=1S/C19H41N3O4/c1-18(2,3)8-12-25-14-16-26-15-13-24-11-7-17(23)21-9-10-22(20)19(4,5)6/h7-16,20H2,1-6H3,(H,21,23). The lowest BCUT2D eigenvalue weighted by Crippen LogP contribution is -2.49. The fourth-order valence-corrected chi connectivity index (χ4v) is 1.82. The molecule has 0 saturated heterocycles. The molecular formula is C19H41N3O4. The highest BCUT2D eigenvalue weighted by Crippen LogP contribution is 2.17. The molecule has 0 rings (SSSR count). The van der Waals surface area contributed by atoms with Gasteiger partial charge >= 0.3 is 0 Å². The van der Waals surface area contributed by atoms with Gasteiger partial charge in [0.2, 0.25) is 5.91 Å². The Balaban J connectivity index is 3.36. The predicted molar refractivity (Wildman–Crippen MR) is 105 cm³/mol. The summed E-state index contributed by atoms with van der Waals surface area (Å²) in [7, 11) is 0. The van der Waals surface area contributed by atoms with Gasteiger partial charge in [0, 0.05) is 31.7 Å². The number of nitrogens with two attached hydrogens (primary N) is 1. The lowest BCUT2D eigenvalue weighted by Gasteiger charge is -2.31. The second-order valence-corrected chi connectivity index (χ2v) is 8.61. The number of nitrogens with one attached hydrogen (secondary N) is 1. The van der Waals surface area contributed by atoms with Gasteiger partial charge in [0.1, 0.15) is 0 Å².